The number of hydrogen-bond acceptors (Lipinski definition) is 1. The lowest BCUT2D eigenvalue weighted by atomic mass is 10.1. The first-order valence-electron chi connectivity index (χ1n) is 4.99. The quantitative estimate of drug-likeness (QED) is 0.820. The van der Waals surface area contributed by atoms with Gasteiger partial charge in [0.2, 0.25) is 5.91 Å². The average Bonchev–Trinajstić information content (AvgIpc) is 2.10. The summed E-state index contributed by atoms with van der Waals surface area (Å²) in [7, 11) is 0. The summed E-state index contributed by atoms with van der Waals surface area (Å²) in [6, 6.07) is 3.70. The SMILES string of the molecule is Cc1cc(Cl)cc(C)c1NC(=O)C(C)C. The molecule has 15 heavy (non-hydrogen) atoms. The van der Waals surface area contributed by atoms with Crippen molar-refractivity contribution in [2.24, 2.45) is 5.92 Å². The topological polar surface area (TPSA) is 29.1 Å². The first-order valence-corrected chi connectivity index (χ1v) is 5.37. The van der Waals surface area contributed by atoms with Crippen molar-refractivity contribution in [1.29, 1.82) is 0 Å². The molecule has 0 saturated heterocycles. The lowest BCUT2D eigenvalue weighted by molar-refractivity contribution is -0.118. The number of hydrogen-bond donors (Lipinski definition) is 1. The second-order valence-corrected chi connectivity index (χ2v) is 4.49. The molecule has 0 aromatic heterocycles. The van der Waals surface area contributed by atoms with E-state index in [1.165, 1.54) is 0 Å². The summed E-state index contributed by atoms with van der Waals surface area (Å²) < 4.78 is 0. The molecule has 0 saturated carbocycles. The van der Waals surface area contributed by atoms with Crippen LogP contribution in [0.2, 0.25) is 5.02 Å². The van der Waals surface area contributed by atoms with Crippen molar-refractivity contribution < 1.29 is 4.79 Å². The molecule has 1 aromatic rings. The molecule has 1 amide bonds. The minimum atomic E-state index is -0.0144. The van der Waals surface area contributed by atoms with Crippen LogP contribution < -0.4 is 5.32 Å². The number of halogens is 1. The van der Waals surface area contributed by atoms with Crippen LogP contribution in [0.1, 0.15) is 25.0 Å². The minimum absolute atomic E-state index is 0.0144. The van der Waals surface area contributed by atoms with Gasteiger partial charge in [0, 0.05) is 16.6 Å². The molecule has 0 unspecified atom stereocenters. The van der Waals surface area contributed by atoms with Gasteiger partial charge in [0.25, 0.3) is 0 Å². The van der Waals surface area contributed by atoms with Crippen molar-refractivity contribution in [2.75, 3.05) is 5.32 Å². The fourth-order valence-corrected chi connectivity index (χ4v) is 1.70. The molecule has 1 rings (SSSR count). The summed E-state index contributed by atoms with van der Waals surface area (Å²) in [4.78, 5) is 11.6. The molecule has 1 aromatic carbocycles. The lowest BCUT2D eigenvalue weighted by Gasteiger charge is -2.13. The van der Waals surface area contributed by atoms with Gasteiger partial charge < -0.3 is 5.32 Å². The fourth-order valence-electron chi connectivity index (χ4n) is 1.38. The van der Waals surface area contributed by atoms with E-state index in [-0.39, 0.29) is 11.8 Å². The molecule has 0 bridgehead atoms. The Labute approximate surface area is 95.6 Å². The van der Waals surface area contributed by atoms with E-state index in [0.29, 0.717) is 5.02 Å². The van der Waals surface area contributed by atoms with E-state index in [2.05, 4.69) is 5.32 Å². The molecule has 0 aliphatic carbocycles. The highest BCUT2D eigenvalue weighted by Gasteiger charge is 2.11. The van der Waals surface area contributed by atoms with Crippen molar-refractivity contribution in [3.8, 4) is 0 Å². The zero-order valence-electron chi connectivity index (χ0n) is 9.52. The molecule has 1 N–H and O–H groups in total. The molecular weight excluding hydrogens is 210 g/mol. The van der Waals surface area contributed by atoms with E-state index in [1.807, 2.05) is 39.8 Å². The minimum Gasteiger partial charge on any atom is -0.325 e. The number of amides is 1. The number of aryl methyl sites for hydroxylation is 2. The van der Waals surface area contributed by atoms with Crippen molar-refractivity contribution in [3.63, 3.8) is 0 Å². The molecule has 0 aliphatic rings. The third-order valence-corrected chi connectivity index (χ3v) is 2.49. The van der Waals surface area contributed by atoms with Crippen LogP contribution in [0.3, 0.4) is 0 Å². The molecule has 0 aliphatic heterocycles. The fraction of sp³-hybridized carbons (Fsp3) is 0.417. The van der Waals surface area contributed by atoms with E-state index in [1.54, 1.807) is 0 Å². The van der Waals surface area contributed by atoms with Crippen molar-refractivity contribution in [3.05, 3.63) is 28.3 Å². The second kappa shape index (κ2) is 4.67. The third kappa shape index (κ3) is 2.96. The monoisotopic (exact) mass is 225 g/mol. The van der Waals surface area contributed by atoms with Crippen LogP contribution in [0.5, 0.6) is 0 Å². The van der Waals surface area contributed by atoms with Crippen LogP contribution in [-0.4, -0.2) is 5.91 Å². The summed E-state index contributed by atoms with van der Waals surface area (Å²) in [6.07, 6.45) is 0. The van der Waals surface area contributed by atoms with Gasteiger partial charge in [-0.2, -0.15) is 0 Å². The van der Waals surface area contributed by atoms with E-state index in [0.717, 1.165) is 16.8 Å². The smallest absolute Gasteiger partial charge is 0.226 e. The van der Waals surface area contributed by atoms with Gasteiger partial charge >= 0.3 is 0 Å². The average molecular weight is 226 g/mol. The van der Waals surface area contributed by atoms with Crippen LogP contribution in [0.25, 0.3) is 0 Å². The summed E-state index contributed by atoms with van der Waals surface area (Å²) in [6.45, 7) is 7.62. The summed E-state index contributed by atoms with van der Waals surface area (Å²) in [5.41, 5.74) is 2.86. The molecule has 0 spiro atoms. The summed E-state index contributed by atoms with van der Waals surface area (Å²) in [5.74, 6) is 0.0167. The van der Waals surface area contributed by atoms with Crippen LogP contribution in [-0.2, 0) is 4.79 Å². The molecule has 0 radical (unpaired) electrons. The van der Waals surface area contributed by atoms with Crippen molar-refractivity contribution >= 4 is 23.2 Å². The Morgan fingerprint density at radius 2 is 1.73 bits per heavy atom. The molecule has 3 heteroatoms. The van der Waals surface area contributed by atoms with Gasteiger partial charge in [-0.15, -0.1) is 0 Å². The summed E-state index contributed by atoms with van der Waals surface area (Å²) >= 11 is 5.91. The Hall–Kier alpha value is -1.02. The zero-order chi connectivity index (χ0) is 11.6. The number of rotatable bonds is 2. The van der Waals surface area contributed by atoms with Gasteiger partial charge in [0.15, 0.2) is 0 Å². The maximum absolute atomic E-state index is 11.6. The Morgan fingerprint density at radius 3 is 2.13 bits per heavy atom. The summed E-state index contributed by atoms with van der Waals surface area (Å²) in [5, 5.41) is 3.61. The van der Waals surface area contributed by atoms with Gasteiger partial charge in [0.1, 0.15) is 0 Å². The Bertz CT molecular complexity index is 362. The van der Waals surface area contributed by atoms with Crippen molar-refractivity contribution in [2.45, 2.75) is 27.7 Å². The van der Waals surface area contributed by atoms with Crippen LogP contribution >= 0.6 is 11.6 Å². The van der Waals surface area contributed by atoms with Crippen LogP contribution in [0.15, 0.2) is 12.1 Å². The van der Waals surface area contributed by atoms with Gasteiger partial charge in [-0.1, -0.05) is 25.4 Å². The van der Waals surface area contributed by atoms with E-state index in [9.17, 15) is 4.79 Å². The normalized spacial score (nSPS) is 10.5. The number of carbonyl (C=O) groups excluding carboxylic acids is 1. The highest BCUT2D eigenvalue weighted by molar-refractivity contribution is 6.30. The molecule has 0 atom stereocenters. The zero-order valence-corrected chi connectivity index (χ0v) is 10.3. The van der Waals surface area contributed by atoms with Crippen LogP contribution in [0, 0.1) is 19.8 Å². The Balaban J connectivity index is 3.00. The molecule has 0 fully saturated rings. The predicted molar refractivity (Wildman–Crippen MR) is 64.4 cm³/mol. The van der Waals surface area contributed by atoms with E-state index < -0.39 is 0 Å². The standard InChI is InChI=1S/C12H16ClNO/c1-7(2)12(15)14-11-8(3)5-10(13)6-9(11)4/h5-7H,1-4H3,(H,14,15). The van der Waals surface area contributed by atoms with Crippen molar-refractivity contribution in [1.82, 2.24) is 0 Å². The molecule has 82 valence electrons. The number of benzene rings is 1. The van der Waals surface area contributed by atoms with Gasteiger partial charge in [-0.3, -0.25) is 4.79 Å². The van der Waals surface area contributed by atoms with Gasteiger partial charge in [-0.25, -0.2) is 0 Å². The van der Waals surface area contributed by atoms with Crippen LogP contribution in [0.4, 0.5) is 5.69 Å². The molecule has 2 nitrogen and oxygen atoms in total. The number of nitrogens with one attached hydrogen (secondary N) is 1. The highest BCUT2D eigenvalue weighted by Crippen LogP contribution is 2.25. The Kier molecular flexibility index (Phi) is 3.75. The van der Waals surface area contributed by atoms with E-state index >= 15 is 0 Å². The number of anilines is 1. The second-order valence-electron chi connectivity index (χ2n) is 4.06. The van der Waals surface area contributed by atoms with Gasteiger partial charge in [0.05, 0.1) is 0 Å². The molecule has 0 heterocycles. The maximum atomic E-state index is 11.6. The largest absolute Gasteiger partial charge is 0.325 e. The molecular formula is C12H16ClNO. The maximum Gasteiger partial charge on any atom is 0.226 e. The van der Waals surface area contributed by atoms with Gasteiger partial charge in [-0.05, 0) is 37.1 Å². The first-order chi connectivity index (χ1) is 6.91. The number of carbonyl (C=O) groups is 1. The van der Waals surface area contributed by atoms with E-state index in [4.69, 9.17) is 11.6 Å². The first kappa shape index (κ1) is 12.1. The third-order valence-electron chi connectivity index (χ3n) is 2.27. The Morgan fingerprint density at radius 1 is 1.27 bits per heavy atom. The predicted octanol–water partition coefficient (Wildman–Crippen LogP) is 3.55. The highest BCUT2D eigenvalue weighted by atomic mass is 35.5. The lowest BCUT2D eigenvalue weighted by Crippen LogP contribution is -2.19.